The van der Waals surface area contributed by atoms with Gasteiger partial charge in [0, 0.05) is 31.3 Å². The topological polar surface area (TPSA) is 161 Å². The minimum Gasteiger partial charge on any atom is -0.383 e. The number of carbonyl (C=O) groups excluding carboxylic acids is 3. The SMILES string of the molecule is Nc1ncc([N+](=O)[O-])cc1C(=O)NCc1ccc(C(=O)N2CCNC(=O)C2)cc1. The van der Waals surface area contributed by atoms with E-state index in [0.29, 0.717) is 24.2 Å². The number of hydrogen-bond acceptors (Lipinski definition) is 7. The van der Waals surface area contributed by atoms with E-state index in [1.54, 1.807) is 24.3 Å². The molecule has 4 N–H and O–H groups in total. The molecule has 1 aliphatic rings. The van der Waals surface area contributed by atoms with Gasteiger partial charge in [0.15, 0.2) is 0 Å². The number of nitrogens with two attached hydrogens (primary N) is 1. The number of benzene rings is 1. The van der Waals surface area contributed by atoms with Crippen LogP contribution in [0.25, 0.3) is 0 Å². The molecule has 0 spiro atoms. The lowest BCUT2D eigenvalue weighted by atomic mass is 10.1. The summed E-state index contributed by atoms with van der Waals surface area (Å²) >= 11 is 0. The third-order valence-corrected chi connectivity index (χ3v) is 4.34. The van der Waals surface area contributed by atoms with Crippen molar-refractivity contribution in [1.29, 1.82) is 0 Å². The summed E-state index contributed by atoms with van der Waals surface area (Å²) in [5, 5.41) is 16.1. The van der Waals surface area contributed by atoms with Crippen LogP contribution in [0.2, 0.25) is 0 Å². The highest BCUT2D eigenvalue weighted by Gasteiger charge is 2.22. The molecule has 2 heterocycles. The summed E-state index contributed by atoms with van der Waals surface area (Å²) in [4.78, 5) is 51.4. The highest BCUT2D eigenvalue weighted by molar-refractivity contribution is 5.99. The van der Waals surface area contributed by atoms with Gasteiger partial charge in [-0.15, -0.1) is 0 Å². The summed E-state index contributed by atoms with van der Waals surface area (Å²) in [7, 11) is 0. The Bertz CT molecular complexity index is 975. The van der Waals surface area contributed by atoms with E-state index in [2.05, 4.69) is 15.6 Å². The quantitative estimate of drug-likeness (QED) is 0.474. The number of anilines is 1. The van der Waals surface area contributed by atoms with Crippen molar-refractivity contribution < 1.29 is 19.3 Å². The molecule has 1 aromatic heterocycles. The van der Waals surface area contributed by atoms with E-state index < -0.39 is 10.8 Å². The standard InChI is InChI=1S/C18H18N6O5/c19-16-14(7-13(9-21-16)24(28)29)17(26)22-8-11-1-3-12(4-2-11)18(27)23-6-5-20-15(25)10-23/h1-4,7,9H,5-6,8,10H2,(H2,19,21)(H,20,25)(H,22,26). The predicted molar refractivity (Wildman–Crippen MR) is 102 cm³/mol. The van der Waals surface area contributed by atoms with Crippen molar-refractivity contribution in [2.75, 3.05) is 25.4 Å². The highest BCUT2D eigenvalue weighted by Crippen LogP contribution is 2.17. The van der Waals surface area contributed by atoms with Crippen LogP contribution in [0.4, 0.5) is 11.5 Å². The zero-order chi connectivity index (χ0) is 21.0. The zero-order valence-corrected chi connectivity index (χ0v) is 15.3. The van der Waals surface area contributed by atoms with Crippen molar-refractivity contribution in [3.8, 4) is 0 Å². The minimum atomic E-state index is -0.662. The molecule has 0 saturated carbocycles. The number of nitro groups is 1. The lowest BCUT2D eigenvalue weighted by molar-refractivity contribution is -0.385. The van der Waals surface area contributed by atoms with Crippen LogP contribution < -0.4 is 16.4 Å². The van der Waals surface area contributed by atoms with Crippen LogP contribution in [0.1, 0.15) is 26.3 Å². The summed E-state index contributed by atoms with van der Waals surface area (Å²) in [6.07, 6.45) is 0.980. The maximum absolute atomic E-state index is 12.4. The molecule has 1 aromatic carbocycles. The van der Waals surface area contributed by atoms with Gasteiger partial charge in [-0.1, -0.05) is 12.1 Å². The number of nitrogens with one attached hydrogen (secondary N) is 2. The first-order chi connectivity index (χ1) is 13.8. The maximum atomic E-state index is 12.4. The number of pyridine rings is 1. The first kappa shape index (κ1) is 19.7. The minimum absolute atomic E-state index is 0.0231. The van der Waals surface area contributed by atoms with E-state index in [1.165, 1.54) is 4.90 Å². The molecule has 0 radical (unpaired) electrons. The second-order valence-electron chi connectivity index (χ2n) is 6.34. The number of nitrogen functional groups attached to an aromatic ring is 1. The molecule has 11 heteroatoms. The molecule has 150 valence electrons. The van der Waals surface area contributed by atoms with Crippen LogP contribution in [0.5, 0.6) is 0 Å². The molecular weight excluding hydrogens is 380 g/mol. The lowest BCUT2D eigenvalue weighted by Gasteiger charge is -2.26. The van der Waals surface area contributed by atoms with Gasteiger partial charge in [-0.25, -0.2) is 4.98 Å². The molecule has 1 fully saturated rings. The van der Waals surface area contributed by atoms with Gasteiger partial charge in [0.2, 0.25) is 5.91 Å². The lowest BCUT2D eigenvalue weighted by Crippen LogP contribution is -2.49. The molecule has 0 atom stereocenters. The van der Waals surface area contributed by atoms with Gasteiger partial charge < -0.3 is 21.3 Å². The number of piperazine rings is 1. The van der Waals surface area contributed by atoms with Gasteiger partial charge in [-0.2, -0.15) is 0 Å². The van der Waals surface area contributed by atoms with Gasteiger partial charge in [-0.05, 0) is 17.7 Å². The number of hydrogen-bond donors (Lipinski definition) is 3. The Morgan fingerprint density at radius 2 is 2.03 bits per heavy atom. The van der Waals surface area contributed by atoms with E-state index in [4.69, 9.17) is 5.73 Å². The molecule has 11 nitrogen and oxygen atoms in total. The van der Waals surface area contributed by atoms with Gasteiger partial charge in [-0.3, -0.25) is 24.5 Å². The normalized spacial score (nSPS) is 13.5. The van der Waals surface area contributed by atoms with Gasteiger partial charge in [0.05, 0.1) is 17.0 Å². The number of amides is 3. The molecule has 1 aliphatic heterocycles. The summed E-state index contributed by atoms with van der Waals surface area (Å²) in [5.41, 5.74) is 6.35. The second-order valence-corrected chi connectivity index (χ2v) is 6.34. The monoisotopic (exact) mass is 398 g/mol. The molecule has 0 bridgehead atoms. The summed E-state index contributed by atoms with van der Waals surface area (Å²) < 4.78 is 0. The van der Waals surface area contributed by atoms with Crippen LogP contribution in [0.15, 0.2) is 36.5 Å². The largest absolute Gasteiger partial charge is 0.383 e. The zero-order valence-electron chi connectivity index (χ0n) is 15.3. The van der Waals surface area contributed by atoms with Crippen molar-refractivity contribution in [3.05, 3.63) is 63.3 Å². The molecule has 3 amide bonds. The Balaban J connectivity index is 1.62. The van der Waals surface area contributed by atoms with E-state index in [9.17, 15) is 24.5 Å². The highest BCUT2D eigenvalue weighted by atomic mass is 16.6. The number of rotatable bonds is 5. The third kappa shape index (κ3) is 4.64. The van der Waals surface area contributed by atoms with E-state index >= 15 is 0 Å². The fourth-order valence-corrected chi connectivity index (χ4v) is 2.78. The van der Waals surface area contributed by atoms with Gasteiger partial charge in [0.25, 0.3) is 17.5 Å². The Morgan fingerprint density at radius 1 is 1.31 bits per heavy atom. The molecule has 0 aliphatic carbocycles. The maximum Gasteiger partial charge on any atom is 0.288 e. The van der Waals surface area contributed by atoms with E-state index in [1.807, 2.05) is 0 Å². The number of nitrogens with zero attached hydrogens (tertiary/aromatic N) is 3. The van der Waals surface area contributed by atoms with E-state index in [-0.39, 0.29) is 42.0 Å². The average Bonchev–Trinajstić information content (AvgIpc) is 2.72. The van der Waals surface area contributed by atoms with Crippen LogP contribution in [-0.4, -0.2) is 52.2 Å². The summed E-state index contributed by atoms with van der Waals surface area (Å²) in [5.74, 6) is -1.15. The molecule has 0 unspecified atom stereocenters. The molecule has 29 heavy (non-hydrogen) atoms. The van der Waals surface area contributed by atoms with Crippen LogP contribution in [0, 0.1) is 10.1 Å². The van der Waals surface area contributed by atoms with Crippen molar-refractivity contribution in [1.82, 2.24) is 20.5 Å². The molecule has 1 saturated heterocycles. The van der Waals surface area contributed by atoms with Crippen LogP contribution in [0.3, 0.4) is 0 Å². The van der Waals surface area contributed by atoms with Crippen LogP contribution in [-0.2, 0) is 11.3 Å². The van der Waals surface area contributed by atoms with Crippen molar-refractivity contribution >= 4 is 29.2 Å². The Hall–Kier alpha value is -4.02. The van der Waals surface area contributed by atoms with Gasteiger partial charge >= 0.3 is 0 Å². The van der Waals surface area contributed by atoms with Crippen molar-refractivity contribution in [2.24, 2.45) is 0 Å². The fourth-order valence-electron chi connectivity index (χ4n) is 2.78. The smallest absolute Gasteiger partial charge is 0.288 e. The molecule has 3 rings (SSSR count). The van der Waals surface area contributed by atoms with Crippen LogP contribution >= 0.6 is 0 Å². The average molecular weight is 398 g/mol. The summed E-state index contributed by atoms with van der Waals surface area (Å²) in [6.45, 7) is 1.02. The van der Waals surface area contributed by atoms with Crippen molar-refractivity contribution in [3.63, 3.8) is 0 Å². The Kier molecular flexibility index (Phi) is 5.67. The van der Waals surface area contributed by atoms with Crippen molar-refractivity contribution in [2.45, 2.75) is 6.54 Å². The number of aromatic nitrogens is 1. The number of carbonyl (C=O) groups is 3. The van der Waals surface area contributed by atoms with E-state index in [0.717, 1.165) is 12.3 Å². The third-order valence-electron chi connectivity index (χ3n) is 4.34. The Morgan fingerprint density at radius 3 is 2.69 bits per heavy atom. The molecule has 2 aromatic rings. The predicted octanol–water partition coefficient (Wildman–Crippen LogP) is 0.0740. The molecular formula is C18H18N6O5. The Labute approximate surface area is 165 Å². The first-order valence-corrected chi connectivity index (χ1v) is 8.68. The first-order valence-electron chi connectivity index (χ1n) is 8.68. The summed E-state index contributed by atoms with van der Waals surface area (Å²) in [6, 6.07) is 7.63. The van der Waals surface area contributed by atoms with Gasteiger partial charge in [0.1, 0.15) is 12.0 Å². The fraction of sp³-hybridized carbons (Fsp3) is 0.222. The second kappa shape index (κ2) is 8.33.